The molecule has 5 rings (SSSR count). The third-order valence-corrected chi connectivity index (χ3v) is 7.57. The van der Waals surface area contributed by atoms with Crippen LogP contribution in [0.25, 0.3) is 16.8 Å². The van der Waals surface area contributed by atoms with E-state index in [4.69, 9.17) is 16.3 Å². The van der Waals surface area contributed by atoms with E-state index in [1.165, 1.54) is 25.4 Å². The number of benzene rings is 2. The van der Waals surface area contributed by atoms with Gasteiger partial charge in [-0.05, 0) is 61.2 Å². The number of carbonyl (C=O) groups excluding carboxylic acids is 3. The highest BCUT2D eigenvalue weighted by atomic mass is 35.5. The molecule has 0 fully saturated rings. The summed E-state index contributed by atoms with van der Waals surface area (Å²) in [5.74, 6) is -1.61. The molecule has 2 unspecified atom stereocenters. The summed E-state index contributed by atoms with van der Waals surface area (Å²) < 4.78 is 20.4. The van der Waals surface area contributed by atoms with E-state index in [1.807, 2.05) is 13.0 Å². The number of fused-ring (bicyclic) bond motifs is 4. The summed E-state index contributed by atoms with van der Waals surface area (Å²) in [6.45, 7) is 1.95. The van der Waals surface area contributed by atoms with Crippen molar-refractivity contribution in [2.24, 2.45) is 5.92 Å². The number of carbonyl (C=O) groups is 3. The smallest absolute Gasteiger partial charge is 0.411 e. The fourth-order valence-electron chi connectivity index (χ4n) is 4.96. The van der Waals surface area contributed by atoms with Crippen LogP contribution in [0.4, 0.5) is 20.6 Å². The van der Waals surface area contributed by atoms with Gasteiger partial charge in [0.15, 0.2) is 11.5 Å². The van der Waals surface area contributed by atoms with Crippen LogP contribution in [0.3, 0.4) is 0 Å². The normalized spacial score (nSPS) is 16.6. The Labute approximate surface area is 251 Å². The van der Waals surface area contributed by atoms with Gasteiger partial charge in [0.05, 0.1) is 35.8 Å². The number of pyridine rings is 1. The number of anilines is 2. The van der Waals surface area contributed by atoms with Gasteiger partial charge in [-0.3, -0.25) is 19.9 Å². The minimum Gasteiger partial charge on any atom is -0.453 e. The van der Waals surface area contributed by atoms with Crippen molar-refractivity contribution < 1.29 is 23.5 Å². The summed E-state index contributed by atoms with van der Waals surface area (Å²) in [5.41, 5.74) is 3.09. The van der Waals surface area contributed by atoms with E-state index < -0.39 is 23.9 Å². The Morgan fingerprint density at radius 1 is 1.19 bits per heavy atom. The van der Waals surface area contributed by atoms with Gasteiger partial charge >= 0.3 is 6.09 Å². The lowest BCUT2D eigenvalue weighted by Gasteiger charge is -2.23. The number of hydrogen-bond donors (Lipinski definition) is 3. The molecule has 0 radical (unpaired) electrons. The Kier molecular flexibility index (Phi) is 8.96. The molecule has 13 heteroatoms. The van der Waals surface area contributed by atoms with Crippen LogP contribution < -0.4 is 16.0 Å². The van der Waals surface area contributed by atoms with Crippen molar-refractivity contribution in [2.75, 3.05) is 17.7 Å². The topological polar surface area (TPSA) is 140 Å². The van der Waals surface area contributed by atoms with Gasteiger partial charge < -0.3 is 15.4 Å². The number of amides is 3. The number of nitrogens with zero attached hydrogens (tertiary/aromatic N) is 4. The number of nitrogens with one attached hydrogen (secondary N) is 3. The molecule has 11 nitrogen and oxygen atoms in total. The quantitative estimate of drug-likeness (QED) is 0.256. The highest BCUT2D eigenvalue weighted by Crippen LogP contribution is 2.34. The number of aromatic nitrogens is 4. The first-order valence-electron chi connectivity index (χ1n) is 13.7. The molecule has 4 aromatic rings. The molecule has 1 aliphatic rings. The van der Waals surface area contributed by atoms with Gasteiger partial charge in [0.2, 0.25) is 5.91 Å². The summed E-state index contributed by atoms with van der Waals surface area (Å²) >= 11 is 5.90. The van der Waals surface area contributed by atoms with Gasteiger partial charge in [-0.1, -0.05) is 42.3 Å². The van der Waals surface area contributed by atoms with Crippen LogP contribution in [0.5, 0.6) is 0 Å². The molecule has 3 heterocycles. The maximum atomic E-state index is 14.5. The fraction of sp³-hybridized carbons (Fsp3) is 0.267. The second-order valence-electron chi connectivity index (χ2n) is 10.0. The molecule has 43 heavy (non-hydrogen) atoms. The van der Waals surface area contributed by atoms with Gasteiger partial charge in [-0.25, -0.2) is 13.9 Å². The molecule has 0 saturated carbocycles. The zero-order valence-corrected chi connectivity index (χ0v) is 24.2. The lowest BCUT2D eigenvalue weighted by Crippen LogP contribution is -2.30. The van der Waals surface area contributed by atoms with Crippen LogP contribution in [-0.4, -0.2) is 45.0 Å². The third-order valence-electron chi connectivity index (χ3n) is 7.28. The average molecular weight is 606 g/mol. The second-order valence-corrected chi connectivity index (χ2v) is 10.4. The first-order valence-corrected chi connectivity index (χ1v) is 14.1. The molecular formula is C30H29ClFN7O4. The maximum absolute atomic E-state index is 14.5. The minimum atomic E-state index is -0.677. The standard InChI is InChI=1S/C30H29ClFN7O4/c1-3-17-6-4-8-22(35-29(41)25-16-39(38-37-25)26-9-5-7-21(31)27(26)32)24-14-18(12-13-33-24)20-11-10-19(34-30(42)43-2)15-23(20)36-28(17)40/h5,7,9-17,22H,3-4,6,8H2,1-2H3,(H,34,42)(H,35,41)(H,36,40). The first kappa shape index (κ1) is 29.6. The highest BCUT2D eigenvalue weighted by molar-refractivity contribution is 6.30. The summed E-state index contributed by atoms with van der Waals surface area (Å²) in [7, 11) is 1.27. The highest BCUT2D eigenvalue weighted by Gasteiger charge is 2.24. The molecule has 2 aromatic heterocycles. The van der Waals surface area contributed by atoms with Crippen molar-refractivity contribution in [3.05, 3.63) is 83.2 Å². The lowest BCUT2D eigenvalue weighted by atomic mass is 9.93. The largest absolute Gasteiger partial charge is 0.453 e. The van der Waals surface area contributed by atoms with E-state index in [0.717, 1.165) is 10.2 Å². The molecule has 0 spiro atoms. The molecule has 0 saturated heterocycles. The van der Waals surface area contributed by atoms with E-state index in [1.54, 1.807) is 36.5 Å². The van der Waals surface area contributed by atoms with Gasteiger partial charge in [-0.2, -0.15) is 0 Å². The zero-order chi connectivity index (χ0) is 30.5. The summed E-state index contributed by atoms with van der Waals surface area (Å²) in [6.07, 6.45) is 4.66. The van der Waals surface area contributed by atoms with Crippen molar-refractivity contribution in [3.63, 3.8) is 0 Å². The fourth-order valence-corrected chi connectivity index (χ4v) is 5.13. The van der Waals surface area contributed by atoms with Gasteiger partial charge in [0, 0.05) is 23.4 Å². The van der Waals surface area contributed by atoms with Crippen LogP contribution in [0.2, 0.25) is 5.02 Å². The number of halogens is 2. The molecule has 3 N–H and O–H groups in total. The Bertz CT molecular complexity index is 1680. The molecule has 0 aliphatic carbocycles. The van der Waals surface area contributed by atoms with Crippen LogP contribution >= 0.6 is 11.6 Å². The van der Waals surface area contributed by atoms with Crippen LogP contribution in [-0.2, 0) is 9.53 Å². The van der Waals surface area contributed by atoms with Gasteiger partial charge in [-0.15, -0.1) is 5.10 Å². The predicted octanol–water partition coefficient (Wildman–Crippen LogP) is 5.92. The third kappa shape index (κ3) is 6.64. The first-order chi connectivity index (χ1) is 20.8. The molecular weight excluding hydrogens is 577 g/mol. The Hall–Kier alpha value is -4.84. The number of rotatable bonds is 5. The Morgan fingerprint density at radius 3 is 2.81 bits per heavy atom. The van der Waals surface area contributed by atoms with E-state index in [-0.39, 0.29) is 28.2 Å². The molecule has 2 bridgehead atoms. The van der Waals surface area contributed by atoms with Crippen molar-refractivity contribution >= 4 is 40.9 Å². The SMILES string of the molecule is CCC1CCCC(NC(=O)c2cn(-c3cccc(Cl)c3F)nn2)c2cc(ccn2)-c2ccc(NC(=O)OC)cc2NC1=O. The predicted molar refractivity (Wildman–Crippen MR) is 158 cm³/mol. The average Bonchev–Trinajstić information content (AvgIpc) is 3.50. The van der Waals surface area contributed by atoms with Crippen molar-refractivity contribution in [2.45, 2.75) is 38.6 Å². The number of methoxy groups -OCH3 is 1. The zero-order valence-electron chi connectivity index (χ0n) is 23.4. The summed E-state index contributed by atoms with van der Waals surface area (Å²) in [4.78, 5) is 43.0. The summed E-state index contributed by atoms with van der Waals surface area (Å²) in [5, 5.41) is 16.4. The maximum Gasteiger partial charge on any atom is 0.411 e. The minimum absolute atomic E-state index is 0.0107. The van der Waals surface area contributed by atoms with Crippen molar-refractivity contribution in [1.82, 2.24) is 25.3 Å². The van der Waals surface area contributed by atoms with Crippen molar-refractivity contribution in [1.29, 1.82) is 0 Å². The van der Waals surface area contributed by atoms with E-state index in [9.17, 15) is 18.8 Å². The van der Waals surface area contributed by atoms with Crippen LogP contribution in [0, 0.1) is 11.7 Å². The van der Waals surface area contributed by atoms with E-state index in [2.05, 4.69) is 31.2 Å². The van der Waals surface area contributed by atoms with Crippen molar-refractivity contribution in [3.8, 4) is 16.8 Å². The van der Waals surface area contributed by atoms with Gasteiger partial charge in [0.25, 0.3) is 5.91 Å². The second kappa shape index (κ2) is 13.0. The molecule has 3 amide bonds. The van der Waals surface area contributed by atoms with Crippen LogP contribution in [0.15, 0.2) is 60.9 Å². The van der Waals surface area contributed by atoms with E-state index in [0.29, 0.717) is 48.3 Å². The Balaban J connectivity index is 1.47. The van der Waals surface area contributed by atoms with Crippen LogP contribution in [0.1, 0.15) is 54.8 Å². The van der Waals surface area contributed by atoms with E-state index >= 15 is 0 Å². The number of ether oxygens (including phenoxy) is 1. The summed E-state index contributed by atoms with van der Waals surface area (Å²) in [6, 6.07) is 12.8. The molecule has 2 atom stereocenters. The molecule has 2 aromatic carbocycles. The number of hydrogen-bond acceptors (Lipinski definition) is 7. The Morgan fingerprint density at radius 2 is 2.02 bits per heavy atom. The molecule has 222 valence electrons. The van der Waals surface area contributed by atoms with Gasteiger partial charge in [0.1, 0.15) is 5.69 Å². The monoisotopic (exact) mass is 605 g/mol. The lowest BCUT2D eigenvalue weighted by molar-refractivity contribution is -0.120. The molecule has 1 aliphatic heterocycles.